The van der Waals surface area contributed by atoms with Crippen LogP contribution in [0.25, 0.3) is 0 Å². The van der Waals surface area contributed by atoms with Gasteiger partial charge in [0.25, 0.3) is 0 Å². The van der Waals surface area contributed by atoms with Crippen molar-refractivity contribution in [2.75, 3.05) is 18.0 Å². The summed E-state index contributed by atoms with van der Waals surface area (Å²) in [5.41, 5.74) is 2.12. The molecule has 0 saturated heterocycles. The summed E-state index contributed by atoms with van der Waals surface area (Å²) in [5.74, 6) is 0.550. The Hall–Kier alpha value is -2.63. The van der Waals surface area contributed by atoms with Gasteiger partial charge in [0.2, 0.25) is 11.8 Å². The molecule has 2 aromatic rings. The van der Waals surface area contributed by atoms with Crippen LogP contribution in [0.1, 0.15) is 24.1 Å². The summed E-state index contributed by atoms with van der Waals surface area (Å²) in [4.78, 5) is 25.8. The number of rotatable bonds is 6. The second-order valence-electron chi connectivity index (χ2n) is 6.04. The van der Waals surface area contributed by atoms with Gasteiger partial charge in [-0.15, -0.1) is 0 Å². The number of aryl methyl sites for hydroxylation is 3. The molecule has 1 aliphatic heterocycles. The van der Waals surface area contributed by atoms with Gasteiger partial charge < -0.3 is 5.32 Å². The minimum Gasteiger partial charge on any atom is -0.355 e. The molecule has 6 heteroatoms. The molecule has 2 heterocycles. The maximum Gasteiger partial charge on any atom is 0.240 e. The van der Waals surface area contributed by atoms with E-state index in [-0.39, 0.29) is 18.4 Å². The third-order valence-corrected chi connectivity index (χ3v) is 4.10. The Balaban J connectivity index is 1.49. The van der Waals surface area contributed by atoms with Crippen molar-refractivity contribution in [3.63, 3.8) is 0 Å². The molecule has 0 unspecified atom stereocenters. The van der Waals surface area contributed by atoms with Gasteiger partial charge in [-0.2, -0.15) is 5.10 Å². The number of aromatic nitrogens is 2. The zero-order valence-electron chi connectivity index (χ0n) is 13.9. The lowest BCUT2D eigenvalue weighted by molar-refractivity contribution is -0.124. The van der Waals surface area contributed by atoms with E-state index >= 15 is 0 Å². The molecule has 0 radical (unpaired) electrons. The number of benzene rings is 1. The van der Waals surface area contributed by atoms with Gasteiger partial charge in [-0.05, 0) is 25.3 Å². The predicted octanol–water partition coefficient (Wildman–Crippen LogP) is 1.68. The Bertz CT molecular complexity index is 724. The van der Waals surface area contributed by atoms with Crippen LogP contribution in [0.4, 0.5) is 5.82 Å². The molecule has 0 aliphatic carbocycles. The number of amides is 2. The molecular weight excluding hydrogens is 304 g/mol. The largest absolute Gasteiger partial charge is 0.355 e. The SMILES string of the molecule is Cc1cc2n(n1)CCC(=O)N2CC(=O)NCCCc1ccccc1. The Morgan fingerprint density at radius 1 is 1.29 bits per heavy atom. The van der Waals surface area contributed by atoms with E-state index in [0.29, 0.717) is 25.3 Å². The Labute approximate surface area is 141 Å². The molecule has 126 valence electrons. The molecule has 0 bridgehead atoms. The lowest BCUT2D eigenvalue weighted by atomic mass is 10.1. The average molecular weight is 326 g/mol. The quantitative estimate of drug-likeness (QED) is 0.821. The van der Waals surface area contributed by atoms with Gasteiger partial charge in [0.05, 0.1) is 12.2 Å². The molecule has 0 saturated carbocycles. The van der Waals surface area contributed by atoms with Crippen LogP contribution in [0.15, 0.2) is 36.4 Å². The summed E-state index contributed by atoms with van der Waals surface area (Å²) in [6.07, 6.45) is 2.19. The minimum absolute atomic E-state index is 0.0261. The van der Waals surface area contributed by atoms with Crippen LogP contribution in [-0.2, 0) is 22.6 Å². The molecule has 2 amide bonds. The van der Waals surface area contributed by atoms with Crippen LogP contribution in [0.2, 0.25) is 0 Å². The topological polar surface area (TPSA) is 67.2 Å². The smallest absolute Gasteiger partial charge is 0.240 e. The molecule has 0 spiro atoms. The van der Waals surface area contributed by atoms with Gasteiger partial charge in [0.15, 0.2) is 0 Å². The highest BCUT2D eigenvalue weighted by Crippen LogP contribution is 2.21. The van der Waals surface area contributed by atoms with E-state index in [2.05, 4.69) is 22.5 Å². The molecule has 0 fully saturated rings. The van der Waals surface area contributed by atoms with E-state index in [1.807, 2.05) is 31.2 Å². The fourth-order valence-electron chi connectivity index (χ4n) is 2.91. The van der Waals surface area contributed by atoms with Crippen molar-refractivity contribution in [3.8, 4) is 0 Å². The first-order valence-electron chi connectivity index (χ1n) is 8.29. The first-order valence-corrected chi connectivity index (χ1v) is 8.29. The van der Waals surface area contributed by atoms with E-state index in [1.54, 1.807) is 4.68 Å². The highest BCUT2D eigenvalue weighted by molar-refractivity contribution is 5.98. The Morgan fingerprint density at radius 2 is 2.08 bits per heavy atom. The minimum atomic E-state index is -0.135. The van der Waals surface area contributed by atoms with Crippen molar-refractivity contribution < 1.29 is 9.59 Å². The van der Waals surface area contributed by atoms with Crippen molar-refractivity contribution >= 4 is 17.6 Å². The maximum absolute atomic E-state index is 12.2. The van der Waals surface area contributed by atoms with Crippen molar-refractivity contribution in [2.24, 2.45) is 0 Å². The standard InChI is InChI=1S/C18H22N4O2/c1-14-12-17-21(18(24)9-11-22(17)20-14)13-16(23)19-10-5-8-15-6-3-2-4-7-15/h2-4,6-7,12H,5,8-11,13H2,1H3,(H,19,23). The highest BCUT2D eigenvalue weighted by Gasteiger charge is 2.27. The van der Waals surface area contributed by atoms with E-state index in [0.717, 1.165) is 18.5 Å². The van der Waals surface area contributed by atoms with Gasteiger partial charge >= 0.3 is 0 Å². The van der Waals surface area contributed by atoms with Crippen LogP contribution >= 0.6 is 0 Å². The number of carbonyl (C=O) groups excluding carboxylic acids is 2. The number of hydrogen-bond donors (Lipinski definition) is 1. The lowest BCUT2D eigenvalue weighted by Crippen LogP contribution is -2.44. The average Bonchev–Trinajstić information content (AvgIpc) is 2.96. The molecule has 1 aromatic carbocycles. The second-order valence-corrected chi connectivity index (χ2v) is 6.04. The van der Waals surface area contributed by atoms with Crippen molar-refractivity contribution in [1.29, 1.82) is 0 Å². The van der Waals surface area contributed by atoms with Gasteiger partial charge in [-0.1, -0.05) is 30.3 Å². The fourth-order valence-corrected chi connectivity index (χ4v) is 2.91. The number of fused-ring (bicyclic) bond motifs is 1. The molecule has 0 atom stereocenters. The number of nitrogens with one attached hydrogen (secondary N) is 1. The predicted molar refractivity (Wildman–Crippen MR) is 91.7 cm³/mol. The monoisotopic (exact) mass is 326 g/mol. The zero-order chi connectivity index (χ0) is 16.9. The van der Waals surface area contributed by atoms with Gasteiger partial charge in [-0.25, -0.2) is 4.68 Å². The van der Waals surface area contributed by atoms with Crippen LogP contribution in [0.5, 0.6) is 0 Å². The summed E-state index contributed by atoms with van der Waals surface area (Å²) >= 11 is 0. The van der Waals surface area contributed by atoms with E-state index in [1.165, 1.54) is 10.5 Å². The van der Waals surface area contributed by atoms with Crippen LogP contribution in [0, 0.1) is 6.92 Å². The van der Waals surface area contributed by atoms with E-state index in [9.17, 15) is 9.59 Å². The summed E-state index contributed by atoms with van der Waals surface area (Å²) in [6, 6.07) is 12.0. The third-order valence-electron chi connectivity index (χ3n) is 4.10. The fraction of sp³-hybridized carbons (Fsp3) is 0.389. The Morgan fingerprint density at radius 3 is 2.88 bits per heavy atom. The summed E-state index contributed by atoms with van der Waals surface area (Å²) in [7, 11) is 0. The highest BCUT2D eigenvalue weighted by atomic mass is 16.2. The first kappa shape index (κ1) is 16.2. The normalized spacial score (nSPS) is 13.7. The van der Waals surface area contributed by atoms with Crippen molar-refractivity contribution in [1.82, 2.24) is 15.1 Å². The third kappa shape index (κ3) is 3.82. The zero-order valence-corrected chi connectivity index (χ0v) is 13.9. The van der Waals surface area contributed by atoms with E-state index < -0.39 is 0 Å². The van der Waals surface area contributed by atoms with Crippen LogP contribution < -0.4 is 10.2 Å². The number of anilines is 1. The number of hydrogen-bond acceptors (Lipinski definition) is 3. The number of carbonyl (C=O) groups is 2. The van der Waals surface area contributed by atoms with Crippen LogP contribution in [0.3, 0.4) is 0 Å². The van der Waals surface area contributed by atoms with Gasteiger partial charge in [0.1, 0.15) is 12.4 Å². The molecule has 6 nitrogen and oxygen atoms in total. The lowest BCUT2D eigenvalue weighted by Gasteiger charge is -2.26. The van der Waals surface area contributed by atoms with Crippen molar-refractivity contribution in [3.05, 3.63) is 47.7 Å². The Kier molecular flexibility index (Phi) is 4.93. The maximum atomic E-state index is 12.2. The molecular formula is C18H22N4O2. The molecule has 1 aromatic heterocycles. The van der Waals surface area contributed by atoms with Gasteiger partial charge in [-0.3, -0.25) is 14.5 Å². The first-order chi connectivity index (χ1) is 11.6. The summed E-state index contributed by atoms with van der Waals surface area (Å²) in [6.45, 7) is 3.12. The second kappa shape index (κ2) is 7.29. The molecule has 1 aliphatic rings. The van der Waals surface area contributed by atoms with E-state index in [4.69, 9.17) is 0 Å². The molecule has 24 heavy (non-hydrogen) atoms. The van der Waals surface area contributed by atoms with Crippen molar-refractivity contribution in [2.45, 2.75) is 32.7 Å². The van der Waals surface area contributed by atoms with Gasteiger partial charge in [0, 0.05) is 19.0 Å². The molecule has 1 N–H and O–H groups in total. The summed E-state index contributed by atoms with van der Waals surface area (Å²) in [5, 5.41) is 7.24. The van der Waals surface area contributed by atoms with Crippen LogP contribution in [-0.4, -0.2) is 34.7 Å². The summed E-state index contributed by atoms with van der Waals surface area (Å²) < 4.78 is 1.79. The number of nitrogens with zero attached hydrogens (tertiary/aromatic N) is 3. The molecule has 3 rings (SSSR count).